The van der Waals surface area contributed by atoms with Gasteiger partial charge in [0, 0.05) is 5.56 Å². The molecule has 1 aliphatic rings. The third-order valence-corrected chi connectivity index (χ3v) is 5.86. The molecule has 1 unspecified atom stereocenters. The summed E-state index contributed by atoms with van der Waals surface area (Å²) in [5, 5.41) is 0. The lowest BCUT2D eigenvalue weighted by Crippen LogP contribution is -2.07. The van der Waals surface area contributed by atoms with Crippen molar-refractivity contribution in [2.24, 2.45) is 0 Å². The van der Waals surface area contributed by atoms with E-state index in [0.717, 1.165) is 36.8 Å². The Balaban J connectivity index is 1.49. The molecule has 0 aromatic heterocycles. The summed E-state index contributed by atoms with van der Waals surface area (Å²) in [4.78, 5) is 0. The average Bonchev–Trinajstić information content (AvgIpc) is 2.83. The van der Waals surface area contributed by atoms with E-state index in [4.69, 9.17) is 9.47 Å². The van der Waals surface area contributed by atoms with Crippen LogP contribution < -0.4 is 4.74 Å². The van der Waals surface area contributed by atoms with Crippen LogP contribution in [-0.2, 0) is 4.74 Å². The van der Waals surface area contributed by atoms with Crippen molar-refractivity contribution in [3.05, 3.63) is 89.7 Å². The fourth-order valence-corrected chi connectivity index (χ4v) is 4.13. The third-order valence-electron chi connectivity index (χ3n) is 5.86. The molecule has 3 aromatic carbocycles. The van der Waals surface area contributed by atoms with Crippen LogP contribution in [0.25, 0.3) is 22.3 Å². The number of halogens is 2. The largest absolute Gasteiger partial charge is 0.493 e. The van der Waals surface area contributed by atoms with Gasteiger partial charge in [0.1, 0.15) is 6.10 Å². The molecular formula is C28H28F2O2. The van der Waals surface area contributed by atoms with Gasteiger partial charge in [-0.1, -0.05) is 61.9 Å². The van der Waals surface area contributed by atoms with E-state index in [1.54, 1.807) is 13.0 Å². The Hall–Kier alpha value is -3.14. The van der Waals surface area contributed by atoms with Crippen LogP contribution in [0.15, 0.2) is 72.5 Å². The van der Waals surface area contributed by atoms with E-state index in [2.05, 4.69) is 31.2 Å². The first-order valence-corrected chi connectivity index (χ1v) is 11.3. The zero-order chi connectivity index (χ0) is 22.5. The SMILES string of the molecule is CCCC1=COC(c2ccc(-c3ccc(-c4ccc(OCC)c(F)c4F)cc3)cc2)CC1. The molecule has 32 heavy (non-hydrogen) atoms. The average molecular weight is 435 g/mol. The van der Waals surface area contributed by atoms with Crippen LogP contribution >= 0.6 is 0 Å². The topological polar surface area (TPSA) is 18.5 Å². The van der Waals surface area contributed by atoms with Gasteiger partial charge < -0.3 is 9.47 Å². The Bertz CT molecular complexity index is 1090. The van der Waals surface area contributed by atoms with Crippen LogP contribution in [0.1, 0.15) is 51.2 Å². The fourth-order valence-electron chi connectivity index (χ4n) is 4.13. The Morgan fingerprint density at radius 1 is 0.844 bits per heavy atom. The zero-order valence-corrected chi connectivity index (χ0v) is 18.5. The van der Waals surface area contributed by atoms with Gasteiger partial charge in [-0.3, -0.25) is 0 Å². The second-order valence-electron chi connectivity index (χ2n) is 8.06. The number of hydrogen-bond donors (Lipinski definition) is 0. The predicted octanol–water partition coefficient (Wildman–Crippen LogP) is 8.23. The summed E-state index contributed by atoms with van der Waals surface area (Å²) in [6, 6.07) is 18.9. The molecule has 4 heteroatoms. The highest BCUT2D eigenvalue weighted by Crippen LogP contribution is 2.34. The minimum Gasteiger partial charge on any atom is -0.493 e. The standard InChI is InChI=1S/C28H28F2O2/c1-3-5-19-6-16-25(32-18-19)23-13-9-21(10-14-23)20-7-11-22(12-8-20)24-15-17-26(31-4-2)28(30)27(24)29/h7-15,17-18,25H,3-6,16H2,1-2H3. The van der Waals surface area contributed by atoms with Crippen LogP contribution in [0, 0.1) is 11.6 Å². The quantitative estimate of drug-likeness (QED) is 0.373. The number of ether oxygens (including phenoxy) is 2. The fraction of sp³-hybridized carbons (Fsp3) is 0.286. The number of benzene rings is 3. The summed E-state index contributed by atoms with van der Waals surface area (Å²) in [5.41, 5.74) is 5.49. The molecule has 2 nitrogen and oxygen atoms in total. The van der Waals surface area contributed by atoms with Crippen LogP contribution in [-0.4, -0.2) is 6.61 Å². The highest BCUT2D eigenvalue weighted by atomic mass is 19.2. The molecule has 4 rings (SSSR count). The normalized spacial score (nSPS) is 15.8. The molecule has 0 amide bonds. The van der Waals surface area contributed by atoms with Crippen molar-refractivity contribution in [2.45, 2.75) is 45.6 Å². The number of allylic oxidation sites excluding steroid dienone is 1. The number of rotatable bonds is 7. The van der Waals surface area contributed by atoms with Gasteiger partial charge in [0.2, 0.25) is 5.82 Å². The smallest absolute Gasteiger partial charge is 0.201 e. The van der Waals surface area contributed by atoms with E-state index >= 15 is 0 Å². The highest BCUT2D eigenvalue weighted by Gasteiger charge is 2.18. The molecule has 1 heterocycles. The molecule has 0 saturated carbocycles. The Morgan fingerprint density at radius 2 is 1.50 bits per heavy atom. The van der Waals surface area contributed by atoms with Crippen molar-refractivity contribution in [2.75, 3.05) is 6.61 Å². The second-order valence-corrected chi connectivity index (χ2v) is 8.06. The predicted molar refractivity (Wildman–Crippen MR) is 124 cm³/mol. The van der Waals surface area contributed by atoms with Crippen LogP contribution in [0.2, 0.25) is 0 Å². The van der Waals surface area contributed by atoms with Crippen molar-refractivity contribution in [3.63, 3.8) is 0 Å². The van der Waals surface area contributed by atoms with Crippen molar-refractivity contribution >= 4 is 0 Å². The molecule has 0 saturated heterocycles. The van der Waals surface area contributed by atoms with E-state index in [0.29, 0.717) is 5.56 Å². The van der Waals surface area contributed by atoms with Gasteiger partial charge in [0.15, 0.2) is 11.6 Å². The van der Waals surface area contributed by atoms with E-state index in [9.17, 15) is 8.78 Å². The van der Waals surface area contributed by atoms with E-state index in [1.807, 2.05) is 30.5 Å². The van der Waals surface area contributed by atoms with Gasteiger partial charge in [0.25, 0.3) is 0 Å². The number of hydrogen-bond acceptors (Lipinski definition) is 2. The highest BCUT2D eigenvalue weighted by molar-refractivity contribution is 5.71. The lowest BCUT2D eigenvalue weighted by atomic mass is 9.95. The zero-order valence-electron chi connectivity index (χ0n) is 18.5. The molecule has 3 aromatic rings. The van der Waals surface area contributed by atoms with Gasteiger partial charge in [-0.05, 0) is 66.1 Å². The molecule has 1 atom stereocenters. The summed E-state index contributed by atoms with van der Waals surface area (Å²) in [6.45, 7) is 4.21. The molecule has 0 fully saturated rings. The summed E-state index contributed by atoms with van der Waals surface area (Å²) in [6.07, 6.45) is 6.38. The summed E-state index contributed by atoms with van der Waals surface area (Å²) in [7, 11) is 0. The van der Waals surface area contributed by atoms with Crippen LogP contribution in [0.4, 0.5) is 8.78 Å². The maximum atomic E-state index is 14.5. The molecule has 0 radical (unpaired) electrons. The monoisotopic (exact) mass is 434 g/mol. The maximum Gasteiger partial charge on any atom is 0.201 e. The minimum absolute atomic E-state index is 0.0653. The first-order valence-electron chi connectivity index (χ1n) is 11.3. The van der Waals surface area contributed by atoms with Gasteiger partial charge in [-0.25, -0.2) is 4.39 Å². The summed E-state index contributed by atoms with van der Waals surface area (Å²) >= 11 is 0. The Morgan fingerprint density at radius 3 is 2.09 bits per heavy atom. The van der Waals surface area contributed by atoms with Crippen molar-refractivity contribution in [3.8, 4) is 28.0 Å². The van der Waals surface area contributed by atoms with Crippen molar-refractivity contribution < 1.29 is 18.3 Å². The molecule has 1 aliphatic heterocycles. The molecule has 0 bridgehead atoms. The van der Waals surface area contributed by atoms with Crippen molar-refractivity contribution in [1.29, 1.82) is 0 Å². The van der Waals surface area contributed by atoms with Gasteiger partial charge >= 0.3 is 0 Å². The first-order chi connectivity index (χ1) is 15.6. The molecule has 0 spiro atoms. The second kappa shape index (κ2) is 9.99. The van der Waals surface area contributed by atoms with E-state index in [-0.39, 0.29) is 24.0 Å². The van der Waals surface area contributed by atoms with Gasteiger partial charge in [-0.15, -0.1) is 0 Å². The maximum absolute atomic E-state index is 14.5. The van der Waals surface area contributed by atoms with Crippen LogP contribution in [0.5, 0.6) is 5.75 Å². The lowest BCUT2D eigenvalue weighted by Gasteiger charge is -2.23. The van der Waals surface area contributed by atoms with E-state index in [1.165, 1.54) is 17.2 Å². The lowest BCUT2D eigenvalue weighted by molar-refractivity contribution is 0.119. The van der Waals surface area contributed by atoms with Crippen LogP contribution in [0.3, 0.4) is 0 Å². The Kier molecular flexibility index (Phi) is 6.89. The van der Waals surface area contributed by atoms with Gasteiger partial charge in [-0.2, -0.15) is 4.39 Å². The molecule has 0 aliphatic carbocycles. The third kappa shape index (κ3) is 4.69. The minimum atomic E-state index is -0.953. The molecule has 166 valence electrons. The Labute approximate surface area is 188 Å². The van der Waals surface area contributed by atoms with Crippen molar-refractivity contribution in [1.82, 2.24) is 0 Å². The molecular weight excluding hydrogens is 406 g/mol. The molecule has 0 N–H and O–H groups in total. The summed E-state index contributed by atoms with van der Waals surface area (Å²) < 4.78 is 39.8. The first kappa shape index (κ1) is 22.1. The van der Waals surface area contributed by atoms with Gasteiger partial charge in [0.05, 0.1) is 12.9 Å². The summed E-state index contributed by atoms with van der Waals surface area (Å²) in [5.74, 6) is -1.91. The van der Waals surface area contributed by atoms with E-state index < -0.39 is 11.6 Å².